The van der Waals surface area contributed by atoms with Crippen LogP contribution in [-0.4, -0.2) is 10.8 Å². The SMILES string of the molecule is Cc1ccc([N+](=O)[O-])cc1NC(=O)c1cccc(-c2cc3ccccc3oc2=O)c1. The number of anilines is 1. The molecular weight excluding hydrogens is 384 g/mol. The van der Waals surface area contributed by atoms with E-state index in [1.807, 2.05) is 12.1 Å². The third-order valence-electron chi connectivity index (χ3n) is 4.76. The van der Waals surface area contributed by atoms with Gasteiger partial charge in [0.2, 0.25) is 0 Å². The Morgan fingerprint density at radius 2 is 1.80 bits per heavy atom. The summed E-state index contributed by atoms with van der Waals surface area (Å²) in [4.78, 5) is 35.6. The second kappa shape index (κ2) is 7.63. The van der Waals surface area contributed by atoms with Gasteiger partial charge in [0, 0.05) is 23.1 Å². The zero-order valence-corrected chi connectivity index (χ0v) is 15.9. The van der Waals surface area contributed by atoms with Crippen LogP contribution in [0.25, 0.3) is 22.1 Å². The Kier molecular flexibility index (Phi) is 4.85. The largest absolute Gasteiger partial charge is 0.422 e. The van der Waals surface area contributed by atoms with Crippen LogP contribution in [0.4, 0.5) is 11.4 Å². The Balaban J connectivity index is 1.68. The Morgan fingerprint density at radius 3 is 2.60 bits per heavy atom. The number of amides is 1. The van der Waals surface area contributed by atoms with Crippen molar-refractivity contribution in [3.05, 3.63) is 104 Å². The van der Waals surface area contributed by atoms with Crippen LogP contribution in [0.1, 0.15) is 15.9 Å². The number of nitro groups is 1. The molecule has 0 aliphatic carbocycles. The van der Waals surface area contributed by atoms with Crippen LogP contribution in [-0.2, 0) is 0 Å². The molecule has 3 aromatic carbocycles. The van der Waals surface area contributed by atoms with E-state index in [9.17, 15) is 19.7 Å². The molecule has 0 atom stereocenters. The van der Waals surface area contributed by atoms with Crippen LogP contribution in [0.3, 0.4) is 0 Å². The summed E-state index contributed by atoms with van der Waals surface area (Å²) < 4.78 is 5.37. The molecule has 0 aliphatic heterocycles. The number of fused-ring (bicyclic) bond motifs is 1. The molecule has 0 saturated heterocycles. The molecule has 0 spiro atoms. The molecule has 0 bridgehead atoms. The van der Waals surface area contributed by atoms with Crippen molar-refractivity contribution in [1.82, 2.24) is 0 Å². The van der Waals surface area contributed by atoms with Crippen LogP contribution >= 0.6 is 0 Å². The number of carbonyl (C=O) groups is 1. The fourth-order valence-corrected chi connectivity index (χ4v) is 3.14. The molecule has 1 aromatic heterocycles. The van der Waals surface area contributed by atoms with Gasteiger partial charge in [-0.1, -0.05) is 36.4 Å². The van der Waals surface area contributed by atoms with Crippen molar-refractivity contribution in [1.29, 1.82) is 0 Å². The standard InChI is InChI=1S/C23H16N2O5/c1-14-9-10-18(25(28)29)13-20(14)24-22(26)17-7-4-6-15(11-17)19-12-16-5-2-3-8-21(16)30-23(19)27/h2-13H,1H3,(H,24,26). The molecule has 0 aliphatic rings. The average molecular weight is 400 g/mol. The normalized spacial score (nSPS) is 10.7. The highest BCUT2D eigenvalue weighted by Gasteiger charge is 2.14. The van der Waals surface area contributed by atoms with Gasteiger partial charge in [0.1, 0.15) is 5.58 Å². The van der Waals surface area contributed by atoms with Gasteiger partial charge in [-0.3, -0.25) is 14.9 Å². The minimum atomic E-state index is -0.519. The molecule has 1 amide bonds. The van der Waals surface area contributed by atoms with E-state index in [1.165, 1.54) is 12.1 Å². The highest BCUT2D eigenvalue weighted by molar-refractivity contribution is 6.05. The van der Waals surface area contributed by atoms with Crippen molar-refractivity contribution in [3.8, 4) is 11.1 Å². The molecular formula is C23H16N2O5. The number of nitro benzene ring substituents is 1. The lowest BCUT2D eigenvalue weighted by Gasteiger charge is -2.09. The number of non-ortho nitro benzene ring substituents is 1. The summed E-state index contributed by atoms with van der Waals surface area (Å²) in [6, 6.07) is 19.7. The third kappa shape index (κ3) is 3.68. The van der Waals surface area contributed by atoms with Crippen LogP contribution < -0.4 is 10.9 Å². The summed E-state index contributed by atoms with van der Waals surface area (Å²) in [5, 5.41) is 14.5. The second-order valence-electron chi connectivity index (χ2n) is 6.78. The van der Waals surface area contributed by atoms with E-state index in [1.54, 1.807) is 55.5 Å². The summed E-state index contributed by atoms with van der Waals surface area (Å²) in [6.45, 7) is 1.75. The Bertz CT molecular complexity index is 1360. The molecule has 30 heavy (non-hydrogen) atoms. The number of nitrogens with zero attached hydrogens (tertiary/aromatic N) is 1. The van der Waals surface area contributed by atoms with Gasteiger partial charge in [-0.05, 0) is 42.3 Å². The molecule has 4 rings (SSSR count). The number of para-hydroxylation sites is 1. The van der Waals surface area contributed by atoms with Gasteiger partial charge in [-0.15, -0.1) is 0 Å². The van der Waals surface area contributed by atoms with Gasteiger partial charge < -0.3 is 9.73 Å². The molecule has 0 saturated carbocycles. The third-order valence-corrected chi connectivity index (χ3v) is 4.76. The maximum absolute atomic E-state index is 12.7. The van der Waals surface area contributed by atoms with E-state index in [0.717, 1.165) is 5.39 Å². The summed E-state index contributed by atoms with van der Waals surface area (Å²) in [5.41, 5.74) is 2.12. The van der Waals surface area contributed by atoms with Crippen molar-refractivity contribution in [2.24, 2.45) is 0 Å². The topological polar surface area (TPSA) is 102 Å². The van der Waals surface area contributed by atoms with Crippen LogP contribution in [0.2, 0.25) is 0 Å². The number of benzene rings is 3. The maximum atomic E-state index is 12.7. The van der Waals surface area contributed by atoms with Gasteiger partial charge in [0.15, 0.2) is 0 Å². The maximum Gasteiger partial charge on any atom is 0.344 e. The monoisotopic (exact) mass is 400 g/mol. The molecule has 7 heteroatoms. The van der Waals surface area contributed by atoms with Crippen molar-refractivity contribution in [2.45, 2.75) is 6.92 Å². The molecule has 148 valence electrons. The smallest absolute Gasteiger partial charge is 0.344 e. The van der Waals surface area contributed by atoms with Crippen molar-refractivity contribution in [3.63, 3.8) is 0 Å². The van der Waals surface area contributed by atoms with Gasteiger partial charge in [0.25, 0.3) is 11.6 Å². The fraction of sp³-hybridized carbons (Fsp3) is 0.0435. The predicted octanol–water partition coefficient (Wildman–Crippen LogP) is 4.93. The van der Waals surface area contributed by atoms with Crippen molar-refractivity contribution in [2.75, 3.05) is 5.32 Å². The zero-order valence-electron chi connectivity index (χ0n) is 15.9. The first-order chi connectivity index (χ1) is 14.4. The summed E-state index contributed by atoms with van der Waals surface area (Å²) in [6.07, 6.45) is 0. The number of aryl methyl sites for hydroxylation is 1. The number of hydrogen-bond donors (Lipinski definition) is 1. The van der Waals surface area contributed by atoms with Crippen molar-refractivity contribution >= 4 is 28.3 Å². The molecule has 1 heterocycles. The number of carbonyl (C=O) groups excluding carboxylic acids is 1. The molecule has 7 nitrogen and oxygen atoms in total. The Labute approximate surface area is 170 Å². The van der Waals surface area contributed by atoms with Gasteiger partial charge in [-0.2, -0.15) is 0 Å². The minimum absolute atomic E-state index is 0.113. The molecule has 4 aromatic rings. The van der Waals surface area contributed by atoms with E-state index in [2.05, 4.69) is 5.32 Å². The van der Waals surface area contributed by atoms with E-state index in [-0.39, 0.29) is 5.69 Å². The molecule has 0 fully saturated rings. The predicted molar refractivity (Wildman–Crippen MR) is 114 cm³/mol. The highest BCUT2D eigenvalue weighted by atomic mass is 16.6. The average Bonchev–Trinajstić information content (AvgIpc) is 2.74. The number of rotatable bonds is 4. The van der Waals surface area contributed by atoms with Crippen LogP contribution in [0.15, 0.2) is 82.0 Å². The van der Waals surface area contributed by atoms with Gasteiger partial charge >= 0.3 is 5.63 Å². The quantitative estimate of drug-likeness (QED) is 0.297. The summed E-state index contributed by atoms with van der Waals surface area (Å²) in [5.74, 6) is -0.439. The lowest BCUT2D eigenvalue weighted by atomic mass is 10.0. The van der Waals surface area contributed by atoms with Gasteiger partial charge in [0.05, 0.1) is 16.2 Å². The van der Waals surface area contributed by atoms with Gasteiger partial charge in [-0.25, -0.2) is 4.79 Å². The van der Waals surface area contributed by atoms with E-state index in [0.29, 0.717) is 33.5 Å². The first kappa shape index (κ1) is 19.1. The van der Waals surface area contributed by atoms with E-state index in [4.69, 9.17) is 4.42 Å². The number of hydrogen-bond acceptors (Lipinski definition) is 5. The highest BCUT2D eigenvalue weighted by Crippen LogP contribution is 2.24. The Morgan fingerprint density at radius 1 is 1.00 bits per heavy atom. The van der Waals surface area contributed by atoms with Crippen LogP contribution in [0, 0.1) is 17.0 Å². The molecule has 0 unspecified atom stereocenters. The molecule has 1 N–H and O–H groups in total. The Hall–Kier alpha value is -4.26. The minimum Gasteiger partial charge on any atom is -0.422 e. The lowest BCUT2D eigenvalue weighted by Crippen LogP contribution is -2.13. The van der Waals surface area contributed by atoms with Crippen molar-refractivity contribution < 1.29 is 14.1 Å². The first-order valence-corrected chi connectivity index (χ1v) is 9.12. The zero-order chi connectivity index (χ0) is 21.3. The summed E-state index contributed by atoms with van der Waals surface area (Å²) >= 11 is 0. The fourth-order valence-electron chi connectivity index (χ4n) is 3.14. The number of nitrogens with one attached hydrogen (secondary N) is 1. The van der Waals surface area contributed by atoms with E-state index >= 15 is 0 Å². The summed E-state index contributed by atoms with van der Waals surface area (Å²) in [7, 11) is 0. The van der Waals surface area contributed by atoms with Crippen LogP contribution in [0.5, 0.6) is 0 Å². The van der Waals surface area contributed by atoms with E-state index < -0.39 is 16.5 Å². The lowest BCUT2D eigenvalue weighted by molar-refractivity contribution is -0.384. The second-order valence-corrected chi connectivity index (χ2v) is 6.78. The molecule has 0 radical (unpaired) electrons. The first-order valence-electron chi connectivity index (χ1n) is 9.12.